The molecule has 120 valence electrons. The molecule has 2 rings (SSSR count). The number of hydrogen-bond donors (Lipinski definition) is 0. The molecule has 6 heteroatoms. The van der Waals surface area contributed by atoms with E-state index in [1.165, 1.54) is 23.5 Å². The van der Waals surface area contributed by atoms with E-state index in [1.807, 2.05) is 13.0 Å². The van der Waals surface area contributed by atoms with Crippen molar-refractivity contribution in [3.63, 3.8) is 0 Å². The highest BCUT2D eigenvalue weighted by atomic mass is 32.2. The molecule has 0 fully saturated rings. The lowest BCUT2D eigenvalue weighted by atomic mass is 10.1. The van der Waals surface area contributed by atoms with Gasteiger partial charge in [0.25, 0.3) is 0 Å². The van der Waals surface area contributed by atoms with Crippen LogP contribution in [0.25, 0.3) is 0 Å². The van der Waals surface area contributed by atoms with Gasteiger partial charge in [0.2, 0.25) is 10.0 Å². The molecule has 0 saturated heterocycles. The standard InChI is InChI=1S/C17H18N2O3S/c1-3-22-16-7-9-17(10-8-16)23(20,21)19(2)13-15-6-4-5-14(11-15)12-18/h4-11H,3,13H2,1-2H3. The largest absolute Gasteiger partial charge is 0.494 e. The summed E-state index contributed by atoms with van der Waals surface area (Å²) >= 11 is 0. The van der Waals surface area contributed by atoms with Gasteiger partial charge in [-0.25, -0.2) is 8.42 Å². The van der Waals surface area contributed by atoms with Crippen LogP contribution in [0.1, 0.15) is 18.1 Å². The molecule has 0 N–H and O–H groups in total. The number of nitrogens with zero attached hydrogens (tertiary/aromatic N) is 2. The summed E-state index contributed by atoms with van der Waals surface area (Å²) in [5.41, 5.74) is 1.27. The Balaban J connectivity index is 2.19. The second kappa shape index (κ2) is 7.27. The summed E-state index contributed by atoms with van der Waals surface area (Å²) < 4.78 is 31.7. The van der Waals surface area contributed by atoms with Crippen molar-refractivity contribution in [3.05, 3.63) is 59.7 Å². The van der Waals surface area contributed by atoms with E-state index in [0.29, 0.717) is 17.9 Å². The molecule has 2 aromatic carbocycles. The molecule has 5 nitrogen and oxygen atoms in total. The first-order valence-corrected chi connectivity index (χ1v) is 8.59. The van der Waals surface area contributed by atoms with Crippen LogP contribution in [0.15, 0.2) is 53.4 Å². The predicted molar refractivity (Wildman–Crippen MR) is 87.4 cm³/mol. The second-order valence-electron chi connectivity index (χ2n) is 4.98. The normalized spacial score (nSPS) is 11.2. The van der Waals surface area contributed by atoms with Crippen LogP contribution in [0, 0.1) is 11.3 Å². The monoisotopic (exact) mass is 330 g/mol. The van der Waals surface area contributed by atoms with Crippen LogP contribution in [0.5, 0.6) is 5.75 Å². The Morgan fingerprint density at radius 3 is 2.48 bits per heavy atom. The average Bonchev–Trinajstić information content (AvgIpc) is 2.56. The van der Waals surface area contributed by atoms with Crippen LogP contribution >= 0.6 is 0 Å². The third-order valence-corrected chi connectivity index (χ3v) is 5.12. The summed E-state index contributed by atoms with van der Waals surface area (Å²) in [7, 11) is -2.07. The highest BCUT2D eigenvalue weighted by Crippen LogP contribution is 2.20. The van der Waals surface area contributed by atoms with Gasteiger partial charge in [0.15, 0.2) is 0 Å². The van der Waals surface area contributed by atoms with Crippen LogP contribution in [-0.2, 0) is 16.6 Å². The maximum absolute atomic E-state index is 12.6. The molecule has 23 heavy (non-hydrogen) atoms. The van der Waals surface area contributed by atoms with Gasteiger partial charge < -0.3 is 4.74 Å². The Bertz CT molecular complexity index is 808. The van der Waals surface area contributed by atoms with E-state index in [4.69, 9.17) is 10.00 Å². The van der Waals surface area contributed by atoms with Crippen molar-refractivity contribution in [2.45, 2.75) is 18.4 Å². The van der Waals surface area contributed by atoms with Gasteiger partial charge >= 0.3 is 0 Å². The summed E-state index contributed by atoms with van der Waals surface area (Å²) in [5, 5.41) is 8.91. The smallest absolute Gasteiger partial charge is 0.243 e. The van der Waals surface area contributed by atoms with E-state index in [0.717, 1.165) is 5.56 Å². The number of hydrogen-bond acceptors (Lipinski definition) is 4. The Labute approximate surface area is 136 Å². The fraction of sp³-hybridized carbons (Fsp3) is 0.235. The van der Waals surface area contributed by atoms with Crippen molar-refractivity contribution in [3.8, 4) is 11.8 Å². The number of benzene rings is 2. The maximum Gasteiger partial charge on any atom is 0.243 e. The molecule has 0 amide bonds. The van der Waals surface area contributed by atoms with Crippen LogP contribution in [0.2, 0.25) is 0 Å². The summed E-state index contributed by atoms with van der Waals surface area (Å²) in [6.07, 6.45) is 0. The minimum atomic E-state index is -3.59. The van der Waals surface area contributed by atoms with Crippen molar-refractivity contribution in [2.75, 3.05) is 13.7 Å². The predicted octanol–water partition coefficient (Wildman–Crippen LogP) is 2.78. The Morgan fingerprint density at radius 2 is 1.87 bits per heavy atom. The Morgan fingerprint density at radius 1 is 1.17 bits per heavy atom. The number of rotatable bonds is 6. The van der Waals surface area contributed by atoms with E-state index in [1.54, 1.807) is 36.4 Å². The number of ether oxygens (including phenoxy) is 1. The fourth-order valence-corrected chi connectivity index (χ4v) is 3.29. The van der Waals surface area contributed by atoms with E-state index in [9.17, 15) is 8.42 Å². The van der Waals surface area contributed by atoms with Gasteiger partial charge in [0, 0.05) is 13.6 Å². The van der Waals surface area contributed by atoms with Crippen molar-refractivity contribution < 1.29 is 13.2 Å². The third kappa shape index (κ3) is 4.09. The molecular weight excluding hydrogens is 312 g/mol. The molecule has 0 radical (unpaired) electrons. The molecule has 0 unspecified atom stereocenters. The first-order valence-electron chi connectivity index (χ1n) is 7.15. The fourth-order valence-electron chi connectivity index (χ4n) is 2.14. The quantitative estimate of drug-likeness (QED) is 0.816. The Hall–Kier alpha value is -2.36. The minimum absolute atomic E-state index is 0.199. The first kappa shape index (κ1) is 17.0. The van der Waals surface area contributed by atoms with Gasteiger partial charge in [-0.05, 0) is 48.9 Å². The number of sulfonamides is 1. The zero-order valence-corrected chi connectivity index (χ0v) is 13.9. The zero-order valence-electron chi connectivity index (χ0n) is 13.1. The van der Waals surface area contributed by atoms with Crippen molar-refractivity contribution in [1.82, 2.24) is 4.31 Å². The van der Waals surface area contributed by atoms with Crippen molar-refractivity contribution >= 4 is 10.0 Å². The molecule has 0 aliphatic heterocycles. The summed E-state index contributed by atoms with van der Waals surface area (Å²) in [5.74, 6) is 0.635. The Kier molecular flexibility index (Phi) is 5.37. The van der Waals surface area contributed by atoms with E-state index in [2.05, 4.69) is 0 Å². The lowest BCUT2D eigenvalue weighted by Crippen LogP contribution is -2.26. The lowest BCUT2D eigenvalue weighted by molar-refractivity contribution is 0.340. The van der Waals surface area contributed by atoms with E-state index >= 15 is 0 Å². The maximum atomic E-state index is 12.6. The van der Waals surface area contributed by atoms with E-state index in [-0.39, 0.29) is 11.4 Å². The zero-order chi connectivity index (χ0) is 16.9. The van der Waals surface area contributed by atoms with Crippen LogP contribution in [-0.4, -0.2) is 26.4 Å². The molecule has 0 bridgehead atoms. The third-order valence-electron chi connectivity index (χ3n) is 3.30. The van der Waals surface area contributed by atoms with Gasteiger partial charge in [-0.1, -0.05) is 12.1 Å². The first-order chi connectivity index (χ1) is 11.0. The SMILES string of the molecule is CCOc1ccc(S(=O)(=O)N(C)Cc2cccc(C#N)c2)cc1. The van der Waals surface area contributed by atoms with Crippen LogP contribution < -0.4 is 4.74 Å². The van der Waals surface area contributed by atoms with Crippen LogP contribution in [0.3, 0.4) is 0 Å². The van der Waals surface area contributed by atoms with Gasteiger partial charge in [-0.3, -0.25) is 0 Å². The molecule has 0 spiro atoms. The molecule has 0 aliphatic carbocycles. The average molecular weight is 330 g/mol. The molecular formula is C17H18N2O3S. The molecule has 0 heterocycles. The van der Waals surface area contributed by atoms with Gasteiger partial charge in [-0.2, -0.15) is 9.57 Å². The van der Waals surface area contributed by atoms with Crippen LogP contribution in [0.4, 0.5) is 0 Å². The summed E-state index contributed by atoms with van der Waals surface area (Å²) in [4.78, 5) is 0.208. The van der Waals surface area contributed by atoms with Gasteiger partial charge in [0.05, 0.1) is 23.1 Å². The number of nitriles is 1. The summed E-state index contributed by atoms with van der Waals surface area (Å²) in [6.45, 7) is 2.60. The summed E-state index contributed by atoms with van der Waals surface area (Å²) in [6, 6.07) is 15.3. The van der Waals surface area contributed by atoms with Crippen molar-refractivity contribution in [2.24, 2.45) is 0 Å². The van der Waals surface area contributed by atoms with Gasteiger partial charge in [-0.15, -0.1) is 0 Å². The molecule has 0 aliphatic rings. The van der Waals surface area contributed by atoms with Crippen molar-refractivity contribution in [1.29, 1.82) is 5.26 Å². The molecule has 0 saturated carbocycles. The van der Waals surface area contributed by atoms with E-state index < -0.39 is 10.0 Å². The molecule has 0 aromatic heterocycles. The second-order valence-corrected chi connectivity index (χ2v) is 7.02. The highest BCUT2D eigenvalue weighted by molar-refractivity contribution is 7.89. The molecule has 2 aromatic rings. The lowest BCUT2D eigenvalue weighted by Gasteiger charge is -2.17. The topological polar surface area (TPSA) is 70.4 Å². The minimum Gasteiger partial charge on any atom is -0.494 e. The molecule has 0 atom stereocenters. The van der Waals surface area contributed by atoms with Gasteiger partial charge in [0.1, 0.15) is 5.75 Å². The highest BCUT2D eigenvalue weighted by Gasteiger charge is 2.21.